The first kappa shape index (κ1) is 18.5. The number of benzene rings is 2. The van der Waals surface area contributed by atoms with E-state index in [1.807, 2.05) is 0 Å². The Kier molecular flexibility index (Phi) is 6.68. The Morgan fingerprint density at radius 1 is 1.00 bits per heavy atom. The molecule has 0 atom stereocenters. The molecule has 21 heavy (non-hydrogen) atoms. The van der Waals surface area contributed by atoms with E-state index in [0.29, 0.717) is 11.3 Å². The number of carbonyl (C=O) groups is 1. The molecule has 0 amide bonds. The van der Waals surface area contributed by atoms with Crippen LogP contribution in [0, 0.1) is 0 Å². The topological polar surface area (TPSA) is 26.3 Å². The maximum atomic E-state index is 12.7. The molecule has 0 aliphatic carbocycles. The van der Waals surface area contributed by atoms with Crippen molar-refractivity contribution in [3.05, 3.63) is 59.7 Å². The summed E-state index contributed by atoms with van der Waals surface area (Å²) >= 11 is 0. The van der Waals surface area contributed by atoms with E-state index in [2.05, 4.69) is 0 Å². The Morgan fingerprint density at radius 3 is 2.14 bits per heavy atom. The second-order valence-electron chi connectivity index (χ2n) is 4.26. The minimum Gasteiger partial charge on any atom is -0.497 e. The van der Waals surface area contributed by atoms with Crippen LogP contribution in [-0.4, -0.2) is 19.9 Å². The minimum absolute atomic E-state index is 0. The number of methoxy groups -OCH3 is 1. The van der Waals surface area contributed by atoms with Crippen LogP contribution in [0.15, 0.2) is 48.5 Å². The van der Waals surface area contributed by atoms with E-state index < -0.39 is 18.2 Å². The third-order valence-corrected chi connectivity index (χ3v) is 2.88. The van der Waals surface area contributed by atoms with Crippen molar-refractivity contribution < 1.29 is 73.9 Å². The minimum atomic E-state index is -5.11. The van der Waals surface area contributed by atoms with Crippen LogP contribution in [0.4, 0.5) is 12.9 Å². The maximum Gasteiger partial charge on any atom is 1.00 e. The zero-order valence-electron chi connectivity index (χ0n) is 11.6. The van der Waals surface area contributed by atoms with E-state index >= 15 is 0 Å². The monoisotopic (exact) mass is 318 g/mol. The summed E-state index contributed by atoms with van der Waals surface area (Å²) in [5.41, 5.74) is -0.436. The summed E-state index contributed by atoms with van der Waals surface area (Å²) in [6.45, 7) is -5.11. The average Bonchev–Trinajstić information content (AvgIpc) is 2.46. The number of hydrogen-bond donors (Lipinski definition) is 0. The van der Waals surface area contributed by atoms with Gasteiger partial charge in [0.05, 0.1) is 7.11 Å². The fourth-order valence-electron chi connectivity index (χ4n) is 1.79. The molecule has 0 saturated carbocycles. The fraction of sp³-hybridized carbons (Fsp3) is 0.0714. The molecule has 0 unspecified atom stereocenters. The number of rotatable bonds is 4. The van der Waals surface area contributed by atoms with Crippen LogP contribution in [0.25, 0.3) is 0 Å². The van der Waals surface area contributed by atoms with Crippen molar-refractivity contribution in [2.45, 2.75) is 0 Å². The van der Waals surface area contributed by atoms with Crippen LogP contribution in [0.1, 0.15) is 15.9 Å². The van der Waals surface area contributed by atoms with Crippen LogP contribution in [0.5, 0.6) is 5.75 Å². The molecule has 2 rings (SSSR count). The second kappa shape index (κ2) is 7.60. The van der Waals surface area contributed by atoms with Crippen LogP contribution in [-0.2, 0) is 0 Å². The van der Waals surface area contributed by atoms with Gasteiger partial charge in [0.15, 0.2) is 5.78 Å². The standard InChI is InChI=1S/C14H11BF3O2.K/c1-20-13-7-5-10(6-8-13)14(19)11-3-2-4-12(9-11)15(16,17)18;/h2-9H,1H3;/q-1;+1. The molecule has 0 N–H and O–H groups in total. The average molecular weight is 318 g/mol. The molecular formula is C14H11BF3KO2. The van der Waals surface area contributed by atoms with Gasteiger partial charge in [-0.3, -0.25) is 4.79 Å². The van der Waals surface area contributed by atoms with E-state index in [4.69, 9.17) is 4.74 Å². The summed E-state index contributed by atoms with van der Waals surface area (Å²) < 4.78 is 43.0. The summed E-state index contributed by atoms with van der Waals surface area (Å²) in [5.74, 6) is 0.128. The van der Waals surface area contributed by atoms with Gasteiger partial charge in [0.1, 0.15) is 5.75 Å². The number of carbonyl (C=O) groups excluding carboxylic acids is 1. The van der Waals surface area contributed by atoms with Crippen LogP contribution >= 0.6 is 0 Å². The number of ketones is 1. The van der Waals surface area contributed by atoms with Crippen molar-refractivity contribution in [1.82, 2.24) is 0 Å². The molecule has 2 aromatic rings. The van der Waals surface area contributed by atoms with Crippen molar-refractivity contribution in [2.24, 2.45) is 0 Å². The van der Waals surface area contributed by atoms with Gasteiger partial charge in [-0.25, -0.2) is 0 Å². The van der Waals surface area contributed by atoms with Gasteiger partial charge in [-0.2, -0.15) is 0 Å². The molecule has 0 spiro atoms. The molecule has 0 bridgehead atoms. The van der Waals surface area contributed by atoms with Crippen LogP contribution in [0.2, 0.25) is 0 Å². The Bertz CT molecular complexity index is 627. The predicted molar refractivity (Wildman–Crippen MR) is 71.6 cm³/mol. The smallest absolute Gasteiger partial charge is 0.497 e. The zero-order chi connectivity index (χ0) is 14.8. The third-order valence-electron chi connectivity index (χ3n) is 2.88. The van der Waals surface area contributed by atoms with Gasteiger partial charge < -0.3 is 17.7 Å². The van der Waals surface area contributed by atoms with Gasteiger partial charge in [0.25, 0.3) is 0 Å². The summed E-state index contributed by atoms with van der Waals surface area (Å²) in [4.78, 5) is 12.1. The molecule has 0 aromatic heterocycles. The van der Waals surface area contributed by atoms with E-state index in [0.717, 1.165) is 12.1 Å². The van der Waals surface area contributed by atoms with Gasteiger partial charge in [-0.15, -0.1) is 5.46 Å². The van der Waals surface area contributed by atoms with Gasteiger partial charge in [-0.05, 0) is 24.3 Å². The molecule has 2 aromatic carbocycles. The zero-order valence-corrected chi connectivity index (χ0v) is 14.8. The quantitative estimate of drug-likeness (QED) is 0.585. The van der Waals surface area contributed by atoms with Gasteiger partial charge in [-0.1, -0.05) is 24.3 Å². The normalized spacial score (nSPS) is 10.7. The van der Waals surface area contributed by atoms with Gasteiger partial charge in [0, 0.05) is 11.1 Å². The van der Waals surface area contributed by atoms with Crippen molar-refractivity contribution in [2.75, 3.05) is 7.11 Å². The van der Waals surface area contributed by atoms with E-state index in [-0.39, 0.29) is 56.9 Å². The summed E-state index contributed by atoms with van der Waals surface area (Å²) in [6.07, 6.45) is 0. The number of halogens is 3. The van der Waals surface area contributed by atoms with E-state index in [9.17, 15) is 17.7 Å². The van der Waals surface area contributed by atoms with Crippen molar-refractivity contribution in [1.29, 1.82) is 0 Å². The first-order valence-corrected chi connectivity index (χ1v) is 5.90. The number of ether oxygens (including phenoxy) is 1. The second-order valence-corrected chi connectivity index (χ2v) is 4.26. The van der Waals surface area contributed by atoms with E-state index in [1.54, 1.807) is 12.1 Å². The molecule has 7 heteroatoms. The molecule has 0 saturated heterocycles. The Hall–Kier alpha value is -0.599. The van der Waals surface area contributed by atoms with Crippen LogP contribution < -0.4 is 61.6 Å². The van der Waals surface area contributed by atoms with Crippen molar-refractivity contribution >= 4 is 18.2 Å². The first-order valence-electron chi connectivity index (χ1n) is 5.90. The Morgan fingerprint density at radius 2 is 1.62 bits per heavy atom. The molecule has 104 valence electrons. The molecule has 0 heterocycles. The number of hydrogen-bond acceptors (Lipinski definition) is 2. The molecule has 0 aliphatic heterocycles. The Balaban J connectivity index is 0.00000220. The summed E-state index contributed by atoms with van der Waals surface area (Å²) in [6, 6.07) is 10.7. The molecule has 0 radical (unpaired) electrons. The molecule has 0 fully saturated rings. The van der Waals surface area contributed by atoms with Gasteiger partial charge >= 0.3 is 58.4 Å². The third kappa shape index (κ3) is 4.69. The molecule has 0 aliphatic rings. The van der Waals surface area contributed by atoms with Crippen molar-refractivity contribution in [3.63, 3.8) is 0 Å². The SMILES string of the molecule is COc1ccc(C(=O)c2cccc([B-](F)(F)F)c2)cc1.[K+]. The summed E-state index contributed by atoms with van der Waals surface area (Å²) in [7, 11) is 1.49. The predicted octanol–water partition coefficient (Wildman–Crippen LogP) is -0.0154. The maximum absolute atomic E-state index is 12.7. The van der Waals surface area contributed by atoms with Crippen molar-refractivity contribution in [3.8, 4) is 5.75 Å². The molecular weight excluding hydrogens is 307 g/mol. The summed E-state index contributed by atoms with van der Waals surface area (Å²) in [5, 5.41) is 0. The van der Waals surface area contributed by atoms with Gasteiger partial charge in [0.2, 0.25) is 0 Å². The van der Waals surface area contributed by atoms with Crippen LogP contribution in [0.3, 0.4) is 0 Å². The molecule has 2 nitrogen and oxygen atoms in total. The Labute approximate surface area is 163 Å². The first-order chi connectivity index (χ1) is 9.41. The van der Waals surface area contributed by atoms with E-state index in [1.165, 1.54) is 31.4 Å². The largest absolute Gasteiger partial charge is 1.00 e. The fourth-order valence-corrected chi connectivity index (χ4v) is 1.79.